The summed E-state index contributed by atoms with van der Waals surface area (Å²) in [5, 5.41) is 3.46. The molecule has 4 rings (SSSR count). The Morgan fingerprint density at radius 2 is 1.93 bits per heavy atom. The van der Waals surface area contributed by atoms with Crippen LogP contribution in [0.15, 0.2) is 24.5 Å². The van der Waals surface area contributed by atoms with E-state index < -0.39 is 0 Å². The minimum Gasteiger partial charge on any atom is -0.355 e. The number of rotatable bonds is 4. The first kappa shape index (κ1) is 18.3. The lowest BCUT2D eigenvalue weighted by molar-refractivity contribution is 0.261. The van der Waals surface area contributed by atoms with Crippen LogP contribution in [0, 0.1) is 5.92 Å². The second-order valence-electron chi connectivity index (χ2n) is 7.99. The van der Waals surface area contributed by atoms with Crippen molar-refractivity contribution in [2.75, 3.05) is 44.2 Å². The van der Waals surface area contributed by atoms with Gasteiger partial charge in [-0.25, -0.2) is 9.97 Å². The SMILES string of the molecule is CC(C)CN1CCCN(c2nc(-c3ccncc3)nc3c2CCNC3)CC1. The molecule has 0 unspecified atom stereocenters. The number of nitrogens with zero attached hydrogens (tertiary/aromatic N) is 5. The van der Waals surface area contributed by atoms with Crippen molar-refractivity contribution >= 4 is 5.82 Å². The van der Waals surface area contributed by atoms with Gasteiger partial charge in [-0.3, -0.25) is 4.98 Å². The molecule has 0 aliphatic carbocycles. The van der Waals surface area contributed by atoms with Crippen LogP contribution in [-0.2, 0) is 13.0 Å². The highest BCUT2D eigenvalue weighted by molar-refractivity contribution is 5.60. The first-order chi connectivity index (χ1) is 13.2. The lowest BCUT2D eigenvalue weighted by atomic mass is 10.1. The van der Waals surface area contributed by atoms with Gasteiger partial charge in [0.2, 0.25) is 0 Å². The molecule has 27 heavy (non-hydrogen) atoms. The van der Waals surface area contributed by atoms with Crippen molar-refractivity contribution in [3.05, 3.63) is 35.8 Å². The minimum absolute atomic E-state index is 0.715. The van der Waals surface area contributed by atoms with Crippen LogP contribution >= 0.6 is 0 Å². The van der Waals surface area contributed by atoms with E-state index in [1.54, 1.807) is 0 Å². The summed E-state index contributed by atoms with van der Waals surface area (Å²) in [7, 11) is 0. The maximum Gasteiger partial charge on any atom is 0.161 e. The van der Waals surface area contributed by atoms with Crippen molar-refractivity contribution in [3.63, 3.8) is 0 Å². The van der Waals surface area contributed by atoms with E-state index >= 15 is 0 Å². The van der Waals surface area contributed by atoms with Crippen LogP contribution < -0.4 is 10.2 Å². The standard InChI is InChI=1S/C21H30N6/c1-16(2)15-26-10-3-11-27(13-12-26)21-18-6-9-23-14-19(18)24-20(25-21)17-4-7-22-8-5-17/h4-5,7-8,16,23H,3,6,9-15H2,1-2H3. The maximum atomic E-state index is 5.05. The van der Waals surface area contributed by atoms with Crippen molar-refractivity contribution in [2.24, 2.45) is 5.92 Å². The predicted molar refractivity (Wildman–Crippen MR) is 109 cm³/mol. The Morgan fingerprint density at radius 3 is 2.74 bits per heavy atom. The Morgan fingerprint density at radius 1 is 1.07 bits per heavy atom. The van der Waals surface area contributed by atoms with Gasteiger partial charge >= 0.3 is 0 Å². The molecule has 0 bridgehead atoms. The summed E-state index contributed by atoms with van der Waals surface area (Å²) < 4.78 is 0. The monoisotopic (exact) mass is 366 g/mol. The van der Waals surface area contributed by atoms with Gasteiger partial charge in [-0.1, -0.05) is 13.8 Å². The molecule has 2 aliphatic heterocycles. The van der Waals surface area contributed by atoms with E-state index in [0.29, 0.717) is 5.92 Å². The predicted octanol–water partition coefficient (Wildman–Crippen LogP) is 2.35. The second kappa shape index (κ2) is 8.31. The zero-order chi connectivity index (χ0) is 18.6. The molecular formula is C21H30N6. The van der Waals surface area contributed by atoms with Crippen molar-refractivity contribution < 1.29 is 0 Å². The fraction of sp³-hybridized carbons (Fsp3) is 0.571. The van der Waals surface area contributed by atoms with Crippen molar-refractivity contribution in [2.45, 2.75) is 33.2 Å². The molecule has 6 nitrogen and oxygen atoms in total. The van der Waals surface area contributed by atoms with Crippen molar-refractivity contribution in [3.8, 4) is 11.4 Å². The third-order valence-electron chi connectivity index (χ3n) is 5.37. The normalized spacial score (nSPS) is 18.4. The molecule has 6 heteroatoms. The molecule has 4 heterocycles. The van der Waals surface area contributed by atoms with Gasteiger partial charge < -0.3 is 15.1 Å². The van der Waals surface area contributed by atoms with E-state index in [-0.39, 0.29) is 0 Å². The van der Waals surface area contributed by atoms with Crippen molar-refractivity contribution in [1.82, 2.24) is 25.2 Å². The molecule has 0 saturated carbocycles. The Balaban J connectivity index is 1.65. The summed E-state index contributed by atoms with van der Waals surface area (Å²) >= 11 is 0. The molecule has 0 amide bonds. The summed E-state index contributed by atoms with van der Waals surface area (Å²) in [6.07, 6.45) is 5.82. The molecule has 2 aromatic rings. The summed E-state index contributed by atoms with van der Waals surface area (Å²) in [4.78, 5) is 19.2. The number of pyridine rings is 1. The average molecular weight is 367 g/mol. The quantitative estimate of drug-likeness (QED) is 0.896. The Bertz CT molecular complexity index is 761. The molecular weight excluding hydrogens is 336 g/mol. The Hall–Kier alpha value is -2.05. The molecule has 144 valence electrons. The summed E-state index contributed by atoms with van der Waals surface area (Å²) in [6.45, 7) is 12.0. The molecule has 1 saturated heterocycles. The zero-order valence-corrected chi connectivity index (χ0v) is 16.5. The molecule has 2 aromatic heterocycles. The zero-order valence-electron chi connectivity index (χ0n) is 16.5. The molecule has 1 N–H and O–H groups in total. The third kappa shape index (κ3) is 4.28. The number of anilines is 1. The highest BCUT2D eigenvalue weighted by Crippen LogP contribution is 2.28. The van der Waals surface area contributed by atoms with Crippen LogP contribution in [0.1, 0.15) is 31.5 Å². The first-order valence-corrected chi connectivity index (χ1v) is 10.2. The summed E-state index contributed by atoms with van der Waals surface area (Å²) in [6, 6.07) is 3.99. The topological polar surface area (TPSA) is 57.2 Å². The van der Waals surface area contributed by atoms with E-state index in [4.69, 9.17) is 9.97 Å². The van der Waals surface area contributed by atoms with E-state index in [1.807, 2.05) is 24.5 Å². The number of hydrogen-bond acceptors (Lipinski definition) is 6. The molecule has 1 fully saturated rings. The second-order valence-corrected chi connectivity index (χ2v) is 7.99. The number of fused-ring (bicyclic) bond motifs is 1. The van der Waals surface area contributed by atoms with Gasteiger partial charge in [0.1, 0.15) is 5.82 Å². The molecule has 0 aromatic carbocycles. The van der Waals surface area contributed by atoms with Crippen LogP contribution in [0.3, 0.4) is 0 Å². The van der Waals surface area contributed by atoms with Crippen LogP contribution in [-0.4, -0.2) is 59.1 Å². The van der Waals surface area contributed by atoms with E-state index in [9.17, 15) is 0 Å². The fourth-order valence-corrected chi connectivity index (χ4v) is 4.11. The van der Waals surface area contributed by atoms with Crippen LogP contribution in [0.5, 0.6) is 0 Å². The molecule has 0 atom stereocenters. The fourth-order valence-electron chi connectivity index (χ4n) is 4.11. The van der Waals surface area contributed by atoms with Gasteiger partial charge in [-0.2, -0.15) is 0 Å². The van der Waals surface area contributed by atoms with Crippen molar-refractivity contribution in [1.29, 1.82) is 0 Å². The van der Waals surface area contributed by atoms with E-state index in [2.05, 4.69) is 33.9 Å². The lowest BCUT2D eigenvalue weighted by Crippen LogP contribution is -2.35. The summed E-state index contributed by atoms with van der Waals surface area (Å²) in [5.74, 6) is 2.69. The lowest BCUT2D eigenvalue weighted by Gasteiger charge is -2.28. The van der Waals surface area contributed by atoms with E-state index in [0.717, 1.165) is 62.0 Å². The highest BCUT2D eigenvalue weighted by Gasteiger charge is 2.24. The minimum atomic E-state index is 0.715. The Kier molecular flexibility index (Phi) is 5.64. The largest absolute Gasteiger partial charge is 0.355 e. The van der Waals surface area contributed by atoms with Gasteiger partial charge in [0.15, 0.2) is 5.82 Å². The molecule has 2 aliphatic rings. The number of hydrogen-bond donors (Lipinski definition) is 1. The first-order valence-electron chi connectivity index (χ1n) is 10.2. The van der Waals surface area contributed by atoms with Gasteiger partial charge in [-0.15, -0.1) is 0 Å². The molecule has 0 spiro atoms. The summed E-state index contributed by atoms with van der Waals surface area (Å²) in [5.41, 5.74) is 3.53. The number of aromatic nitrogens is 3. The third-order valence-corrected chi connectivity index (χ3v) is 5.37. The van der Waals surface area contributed by atoms with Gasteiger partial charge in [0, 0.05) is 56.2 Å². The van der Waals surface area contributed by atoms with Crippen LogP contribution in [0.2, 0.25) is 0 Å². The molecule has 0 radical (unpaired) electrons. The Labute approximate surface area is 162 Å². The maximum absolute atomic E-state index is 5.05. The van der Waals surface area contributed by atoms with Crippen LogP contribution in [0.25, 0.3) is 11.4 Å². The van der Waals surface area contributed by atoms with Crippen LogP contribution in [0.4, 0.5) is 5.82 Å². The number of nitrogens with one attached hydrogen (secondary N) is 1. The van der Waals surface area contributed by atoms with Gasteiger partial charge in [-0.05, 0) is 44.0 Å². The van der Waals surface area contributed by atoms with Gasteiger partial charge in [0.05, 0.1) is 5.69 Å². The highest BCUT2D eigenvalue weighted by atomic mass is 15.3. The van der Waals surface area contributed by atoms with Gasteiger partial charge in [0.25, 0.3) is 0 Å². The smallest absolute Gasteiger partial charge is 0.161 e. The van der Waals surface area contributed by atoms with E-state index in [1.165, 1.54) is 25.1 Å². The average Bonchev–Trinajstić information content (AvgIpc) is 2.93.